The number of benzene rings is 2. The van der Waals surface area contributed by atoms with Crippen molar-refractivity contribution in [1.82, 2.24) is 14.8 Å². The number of ether oxygens (including phenoxy) is 2. The molecule has 2 amide bonds. The van der Waals surface area contributed by atoms with Crippen LogP contribution in [0.2, 0.25) is 0 Å². The van der Waals surface area contributed by atoms with Crippen molar-refractivity contribution in [3.63, 3.8) is 0 Å². The van der Waals surface area contributed by atoms with Crippen LogP contribution in [0.3, 0.4) is 0 Å². The second-order valence-corrected chi connectivity index (χ2v) is 7.75. The molecule has 0 bridgehead atoms. The molecular weight excluding hydrogens is 392 g/mol. The highest BCUT2D eigenvalue weighted by atomic mass is 16.5. The lowest BCUT2D eigenvalue weighted by Gasteiger charge is -2.26. The number of fused-ring (bicyclic) bond motifs is 1. The number of anilines is 1. The standard InChI is InChI=1S/C24H30N4O3/c1-30-18-21-5-3-2-4-20(21)17-25-24(29)26-22-6-7-23-19(16-22)8-9-28(23)11-10-27-12-14-31-15-13-27/h2-9,16H,10-15,17-18H2,1H3,(H2,25,26,29). The van der Waals surface area contributed by atoms with Crippen molar-refractivity contribution < 1.29 is 14.3 Å². The van der Waals surface area contributed by atoms with E-state index in [-0.39, 0.29) is 6.03 Å². The fourth-order valence-electron chi connectivity index (χ4n) is 3.92. The minimum atomic E-state index is -0.224. The van der Waals surface area contributed by atoms with Crippen LogP contribution in [0.5, 0.6) is 0 Å². The Morgan fingerprint density at radius 3 is 2.68 bits per heavy atom. The van der Waals surface area contributed by atoms with Crippen LogP contribution in [0, 0.1) is 0 Å². The average molecular weight is 423 g/mol. The summed E-state index contributed by atoms with van der Waals surface area (Å²) in [5.74, 6) is 0. The number of methoxy groups -OCH3 is 1. The third-order valence-corrected chi connectivity index (χ3v) is 5.65. The number of amides is 2. The Hall–Kier alpha value is -2.87. The zero-order valence-corrected chi connectivity index (χ0v) is 18.0. The van der Waals surface area contributed by atoms with Crippen molar-refractivity contribution >= 4 is 22.6 Å². The maximum absolute atomic E-state index is 12.4. The van der Waals surface area contributed by atoms with E-state index >= 15 is 0 Å². The molecule has 1 aliphatic heterocycles. The van der Waals surface area contributed by atoms with Gasteiger partial charge in [-0.25, -0.2) is 4.79 Å². The Labute approximate surface area is 182 Å². The predicted octanol–water partition coefficient (Wildman–Crippen LogP) is 3.44. The summed E-state index contributed by atoms with van der Waals surface area (Å²) in [4.78, 5) is 14.8. The molecule has 31 heavy (non-hydrogen) atoms. The third-order valence-electron chi connectivity index (χ3n) is 5.65. The number of nitrogens with one attached hydrogen (secondary N) is 2. The minimum absolute atomic E-state index is 0.224. The van der Waals surface area contributed by atoms with E-state index in [1.54, 1.807) is 7.11 Å². The molecule has 2 N–H and O–H groups in total. The van der Waals surface area contributed by atoms with Crippen molar-refractivity contribution in [2.24, 2.45) is 0 Å². The number of hydrogen-bond donors (Lipinski definition) is 2. The van der Waals surface area contributed by atoms with E-state index < -0.39 is 0 Å². The quantitative estimate of drug-likeness (QED) is 0.584. The van der Waals surface area contributed by atoms with Gasteiger partial charge in [-0.3, -0.25) is 4.90 Å². The van der Waals surface area contributed by atoms with Crippen LogP contribution in [0.4, 0.5) is 10.5 Å². The Morgan fingerprint density at radius 2 is 1.87 bits per heavy atom. The number of aromatic nitrogens is 1. The fourth-order valence-corrected chi connectivity index (χ4v) is 3.92. The van der Waals surface area contributed by atoms with Gasteiger partial charge in [0.15, 0.2) is 0 Å². The summed E-state index contributed by atoms with van der Waals surface area (Å²) in [6, 6.07) is 15.8. The summed E-state index contributed by atoms with van der Waals surface area (Å²) in [7, 11) is 1.67. The highest BCUT2D eigenvalue weighted by Gasteiger charge is 2.11. The van der Waals surface area contributed by atoms with Crippen LogP contribution in [0.1, 0.15) is 11.1 Å². The molecule has 7 heteroatoms. The summed E-state index contributed by atoms with van der Waals surface area (Å²) in [5.41, 5.74) is 4.08. The number of morpholine rings is 1. The zero-order chi connectivity index (χ0) is 21.5. The maximum atomic E-state index is 12.4. The second-order valence-electron chi connectivity index (χ2n) is 7.75. The first-order chi connectivity index (χ1) is 15.2. The molecule has 2 heterocycles. The highest BCUT2D eigenvalue weighted by Crippen LogP contribution is 2.21. The number of carbonyl (C=O) groups excluding carboxylic acids is 1. The van der Waals surface area contributed by atoms with E-state index in [4.69, 9.17) is 9.47 Å². The Kier molecular flexibility index (Phi) is 7.19. The molecule has 0 spiro atoms. The van der Waals surface area contributed by atoms with Crippen LogP contribution in [-0.2, 0) is 29.2 Å². The molecule has 0 atom stereocenters. The molecule has 1 aliphatic rings. The van der Waals surface area contributed by atoms with Crippen molar-refractivity contribution in [2.45, 2.75) is 19.7 Å². The summed E-state index contributed by atoms with van der Waals surface area (Å²) < 4.78 is 12.9. The minimum Gasteiger partial charge on any atom is -0.380 e. The first kappa shape index (κ1) is 21.4. The molecule has 164 valence electrons. The number of carbonyl (C=O) groups is 1. The van der Waals surface area contributed by atoms with Crippen LogP contribution in [0.25, 0.3) is 10.9 Å². The van der Waals surface area contributed by atoms with Gasteiger partial charge in [0.05, 0.1) is 19.8 Å². The van der Waals surface area contributed by atoms with E-state index in [9.17, 15) is 4.79 Å². The number of hydrogen-bond acceptors (Lipinski definition) is 4. The van der Waals surface area contributed by atoms with Crippen LogP contribution in [-0.4, -0.2) is 55.5 Å². The summed E-state index contributed by atoms with van der Waals surface area (Å²) in [5, 5.41) is 6.98. The van der Waals surface area contributed by atoms with Gasteiger partial charge >= 0.3 is 6.03 Å². The fraction of sp³-hybridized carbons (Fsp3) is 0.375. The van der Waals surface area contributed by atoms with Gasteiger partial charge in [-0.2, -0.15) is 0 Å². The summed E-state index contributed by atoms with van der Waals surface area (Å²) >= 11 is 0. The topological polar surface area (TPSA) is 67.8 Å². The number of rotatable bonds is 8. The second kappa shape index (κ2) is 10.4. The van der Waals surface area contributed by atoms with E-state index in [2.05, 4.69) is 38.4 Å². The van der Waals surface area contributed by atoms with Gasteiger partial charge < -0.3 is 24.7 Å². The van der Waals surface area contributed by atoms with Crippen molar-refractivity contribution in [2.75, 3.05) is 45.3 Å². The molecule has 0 aliphatic carbocycles. The molecule has 1 fully saturated rings. The summed E-state index contributed by atoms with van der Waals surface area (Å²) in [6.07, 6.45) is 2.11. The number of nitrogens with zero attached hydrogens (tertiary/aromatic N) is 2. The van der Waals surface area contributed by atoms with Gasteiger partial charge in [0, 0.05) is 62.6 Å². The smallest absolute Gasteiger partial charge is 0.319 e. The van der Waals surface area contributed by atoms with Gasteiger partial charge in [0.25, 0.3) is 0 Å². The van der Waals surface area contributed by atoms with E-state index in [1.165, 1.54) is 5.52 Å². The summed E-state index contributed by atoms with van der Waals surface area (Å²) in [6.45, 7) is 6.57. The molecule has 1 saturated heterocycles. The molecule has 0 unspecified atom stereocenters. The van der Waals surface area contributed by atoms with Crippen LogP contribution >= 0.6 is 0 Å². The molecule has 1 aromatic heterocycles. The molecule has 0 radical (unpaired) electrons. The predicted molar refractivity (Wildman–Crippen MR) is 122 cm³/mol. The van der Waals surface area contributed by atoms with Crippen molar-refractivity contribution in [3.05, 3.63) is 65.9 Å². The van der Waals surface area contributed by atoms with Gasteiger partial charge in [-0.15, -0.1) is 0 Å². The highest BCUT2D eigenvalue weighted by molar-refractivity contribution is 5.92. The van der Waals surface area contributed by atoms with Gasteiger partial charge in [0.1, 0.15) is 0 Å². The average Bonchev–Trinajstić information content (AvgIpc) is 3.20. The van der Waals surface area contributed by atoms with Gasteiger partial charge in [0.2, 0.25) is 0 Å². The van der Waals surface area contributed by atoms with Crippen molar-refractivity contribution in [1.29, 1.82) is 0 Å². The molecule has 7 nitrogen and oxygen atoms in total. The van der Waals surface area contributed by atoms with Gasteiger partial charge in [-0.1, -0.05) is 24.3 Å². The first-order valence-corrected chi connectivity index (χ1v) is 10.7. The Balaban J connectivity index is 1.33. The lowest BCUT2D eigenvalue weighted by Crippen LogP contribution is -2.38. The lowest BCUT2D eigenvalue weighted by molar-refractivity contribution is 0.0365. The van der Waals surface area contributed by atoms with E-state index in [0.29, 0.717) is 13.2 Å². The number of urea groups is 1. The first-order valence-electron chi connectivity index (χ1n) is 10.7. The maximum Gasteiger partial charge on any atom is 0.319 e. The normalized spacial score (nSPS) is 14.6. The van der Waals surface area contributed by atoms with Crippen LogP contribution in [0.15, 0.2) is 54.7 Å². The molecule has 0 saturated carbocycles. The lowest BCUT2D eigenvalue weighted by atomic mass is 10.1. The van der Waals surface area contributed by atoms with Gasteiger partial charge in [-0.05, 0) is 35.4 Å². The molecule has 4 rings (SSSR count). The molecule has 2 aromatic carbocycles. The van der Waals surface area contributed by atoms with E-state index in [0.717, 1.165) is 61.6 Å². The third kappa shape index (κ3) is 5.64. The van der Waals surface area contributed by atoms with Crippen LogP contribution < -0.4 is 10.6 Å². The zero-order valence-electron chi connectivity index (χ0n) is 18.0. The monoisotopic (exact) mass is 422 g/mol. The molecule has 3 aromatic rings. The molecular formula is C24H30N4O3. The van der Waals surface area contributed by atoms with Crippen molar-refractivity contribution in [3.8, 4) is 0 Å². The Morgan fingerprint density at radius 1 is 1.06 bits per heavy atom. The van der Waals surface area contributed by atoms with E-state index in [1.807, 2.05) is 36.4 Å². The Bertz CT molecular complexity index is 1010. The largest absolute Gasteiger partial charge is 0.380 e. The SMILES string of the molecule is COCc1ccccc1CNC(=O)Nc1ccc2c(ccn2CCN2CCOCC2)c1.